The van der Waals surface area contributed by atoms with E-state index in [2.05, 4.69) is 5.32 Å². The van der Waals surface area contributed by atoms with Gasteiger partial charge in [0.2, 0.25) is 5.91 Å². The third-order valence-corrected chi connectivity index (χ3v) is 3.21. The molecule has 0 unspecified atom stereocenters. The second kappa shape index (κ2) is 5.29. The summed E-state index contributed by atoms with van der Waals surface area (Å²) in [4.78, 5) is 11.7. The molecular formula is C14H19NO3. The molecule has 0 aliphatic heterocycles. The van der Waals surface area contributed by atoms with Gasteiger partial charge in [0.05, 0.1) is 20.3 Å². The highest BCUT2D eigenvalue weighted by Crippen LogP contribution is 2.32. The van der Waals surface area contributed by atoms with Crippen LogP contribution in [-0.4, -0.2) is 20.1 Å². The number of ether oxygens (including phenoxy) is 2. The van der Waals surface area contributed by atoms with Gasteiger partial charge in [0, 0.05) is 5.92 Å². The number of benzene rings is 1. The van der Waals surface area contributed by atoms with Crippen molar-refractivity contribution in [1.29, 1.82) is 0 Å². The zero-order valence-electron chi connectivity index (χ0n) is 11.0. The summed E-state index contributed by atoms with van der Waals surface area (Å²) < 4.78 is 10.4. The zero-order chi connectivity index (χ0) is 13.1. The summed E-state index contributed by atoms with van der Waals surface area (Å²) in [5.74, 6) is 1.76. The molecule has 98 valence electrons. The smallest absolute Gasteiger partial charge is 0.223 e. The Morgan fingerprint density at radius 2 is 1.94 bits per heavy atom. The van der Waals surface area contributed by atoms with Crippen LogP contribution in [0.2, 0.25) is 0 Å². The van der Waals surface area contributed by atoms with Crippen molar-refractivity contribution in [3.8, 4) is 11.5 Å². The minimum absolute atomic E-state index is 0.0158. The van der Waals surface area contributed by atoms with E-state index in [-0.39, 0.29) is 17.9 Å². The lowest BCUT2D eigenvalue weighted by Gasteiger charge is -2.16. The SMILES string of the molecule is COc1ccc([C@H](C)NC(=O)C2CC2)cc1OC. The predicted molar refractivity (Wildman–Crippen MR) is 68.8 cm³/mol. The molecule has 4 heteroatoms. The summed E-state index contributed by atoms with van der Waals surface area (Å²) in [6.07, 6.45) is 2.04. The van der Waals surface area contributed by atoms with E-state index < -0.39 is 0 Å². The first kappa shape index (κ1) is 12.7. The fraction of sp³-hybridized carbons (Fsp3) is 0.500. The molecule has 1 aliphatic carbocycles. The molecule has 2 rings (SSSR count). The number of rotatable bonds is 5. The highest BCUT2D eigenvalue weighted by molar-refractivity contribution is 5.81. The van der Waals surface area contributed by atoms with Crippen LogP contribution in [0.5, 0.6) is 11.5 Å². The predicted octanol–water partition coefficient (Wildman–Crippen LogP) is 2.29. The van der Waals surface area contributed by atoms with E-state index in [0.717, 1.165) is 18.4 Å². The number of hydrogen-bond donors (Lipinski definition) is 1. The van der Waals surface area contributed by atoms with Gasteiger partial charge in [0.15, 0.2) is 11.5 Å². The molecule has 1 aromatic carbocycles. The zero-order valence-corrected chi connectivity index (χ0v) is 11.0. The van der Waals surface area contributed by atoms with Crippen molar-refractivity contribution >= 4 is 5.91 Å². The van der Waals surface area contributed by atoms with Gasteiger partial charge in [0.1, 0.15) is 0 Å². The van der Waals surface area contributed by atoms with E-state index >= 15 is 0 Å². The highest BCUT2D eigenvalue weighted by Gasteiger charge is 2.30. The van der Waals surface area contributed by atoms with E-state index in [0.29, 0.717) is 11.5 Å². The van der Waals surface area contributed by atoms with Gasteiger partial charge in [-0.2, -0.15) is 0 Å². The first-order chi connectivity index (χ1) is 8.65. The van der Waals surface area contributed by atoms with Crippen LogP contribution in [0.3, 0.4) is 0 Å². The molecule has 0 heterocycles. The minimum atomic E-state index is -0.0158. The third-order valence-electron chi connectivity index (χ3n) is 3.21. The van der Waals surface area contributed by atoms with Gasteiger partial charge in [-0.25, -0.2) is 0 Å². The Balaban J connectivity index is 2.09. The van der Waals surface area contributed by atoms with E-state index in [1.54, 1.807) is 14.2 Å². The molecule has 0 spiro atoms. The molecule has 4 nitrogen and oxygen atoms in total. The van der Waals surface area contributed by atoms with E-state index in [1.807, 2.05) is 25.1 Å². The maximum atomic E-state index is 11.7. The Hall–Kier alpha value is -1.71. The molecule has 1 aromatic rings. The lowest BCUT2D eigenvalue weighted by Crippen LogP contribution is -2.27. The molecule has 0 saturated heterocycles. The van der Waals surface area contributed by atoms with Crippen LogP contribution in [-0.2, 0) is 4.79 Å². The van der Waals surface area contributed by atoms with Crippen molar-refractivity contribution < 1.29 is 14.3 Å². The lowest BCUT2D eigenvalue weighted by atomic mass is 10.1. The summed E-state index contributed by atoms with van der Waals surface area (Å²) in [5.41, 5.74) is 1.02. The van der Waals surface area contributed by atoms with Crippen LogP contribution in [0.4, 0.5) is 0 Å². The molecule has 1 saturated carbocycles. The van der Waals surface area contributed by atoms with Crippen LogP contribution in [0, 0.1) is 5.92 Å². The van der Waals surface area contributed by atoms with Crippen molar-refractivity contribution in [1.82, 2.24) is 5.32 Å². The first-order valence-corrected chi connectivity index (χ1v) is 6.18. The summed E-state index contributed by atoms with van der Waals surface area (Å²) in [7, 11) is 3.21. The van der Waals surface area contributed by atoms with Gasteiger partial charge in [-0.05, 0) is 37.5 Å². The maximum Gasteiger partial charge on any atom is 0.223 e. The quantitative estimate of drug-likeness (QED) is 0.871. The normalized spacial score (nSPS) is 15.9. The molecule has 1 aliphatic rings. The number of carbonyl (C=O) groups excluding carboxylic acids is 1. The van der Waals surface area contributed by atoms with Gasteiger partial charge in [-0.1, -0.05) is 6.07 Å². The summed E-state index contributed by atoms with van der Waals surface area (Å²) in [5, 5.41) is 3.01. The highest BCUT2D eigenvalue weighted by atomic mass is 16.5. The Labute approximate surface area is 107 Å². The largest absolute Gasteiger partial charge is 0.493 e. The van der Waals surface area contributed by atoms with Gasteiger partial charge < -0.3 is 14.8 Å². The van der Waals surface area contributed by atoms with Crippen molar-refractivity contribution in [2.75, 3.05) is 14.2 Å². The molecule has 0 aromatic heterocycles. The number of nitrogens with one attached hydrogen (secondary N) is 1. The second-order valence-electron chi connectivity index (χ2n) is 4.62. The number of carbonyl (C=O) groups is 1. The van der Waals surface area contributed by atoms with Crippen LogP contribution >= 0.6 is 0 Å². The van der Waals surface area contributed by atoms with E-state index in [4.69, 9.17) is 9.47 Å². The fourth-order valence-corrected chi connectivity index (χ4v) is 1.88. The van der Waals surface area contributed by atoms with E-state index in [1.165, 1.54) is 0 Å². The molecule has 18 heavy (non-hydrogen) atoms. The second-order valence-corrected chi connectivity index (χ2v) is 4.62. The molecule has 0 radical (unpaired) electrons. The van der Waals surface area contributed by atoms with Crippen LogP contribution in [0.25, 0.3) is 0 Å². The van der Waals surface area contributed by atoms with Crippen molar-refractivity contribution in [2.24, 2.45) is 5.92 Å². The van der Waals surface area contributed by atoms with Crippen LogP contribution < -0.4 is 14.8 Å². The molecule has 1 fully saturated rings. The molecule has 1 N–H and O–H groups in total. The summed E-state index contributed by atoms with van der Waals surface area (Å²) in [6, 6.07) is 5.68. The van der Waals surface area contributed by atoms with Gasteiger partial charge in [-0.15, -0.1) is 0 Å². The minimum Gasteiger partial charge on any atom is -0.493 e. The Morgan fingerprint density at radius 1 is 1.28 bits per heavy atom. The Kier molecular flexibility index (Phi) is 3.75. The average Bonchev–Trinajstić information content (AvgIpc) is 3.22. The third kappa shape index (κ3) is 2.75. The number of hydrogen-bond acceptors (Lipinski definition) is 3. The van der Waals surface area contributed by atoms with Gasteiger partial charge in [0.25, 0.3) is 0 Å². The topological polar surface area (TPSA) is 47.6 Å². The van der Waals surface area contributed by atoms with Crippen LogP contribution in [0.15, 0.2) is 18.2 Å². The van der Waals surface area contributed by atoms with Crippen LogP contribution in [0.1, 0.15) is 31.4 Å². The average molecular weight is 249 g/mol. The van der Waals surface area contributed by atoms with Crippen molar-refractivity contribution in [2.45, 2.75) is 25.8 Å². The number of methoxy groups -OCH3 is 2. The lowest BCUT2D eigenvalue weighted by molar-refractivity contribution is -0.122. The first-order valence-electron chi connectivity index (χ1n) is 6.18. The summed E-state index contributed by atoms with van der Waals surface area (Å²) >= 11 is 0. The van der Waals surface area contributed by atoms with Gasteiger partial charge >= 0.3 is 0 Å². The number of amides is 1. The Bertz CT molecular complexity index is 441. The molecule has 0 bridgehead atoms. The van der Waals surface area contributed by atoms with Crippen molar-refractivity contribution in [3.05, 3.63) is 23.8 Å². The van der Waals surface area contributed by atoms with Crippen molar-refractivity contribution in [3.63, 3.8) is 0 Å². The van der Waals surface area contributed by atoms with E-state index in [9.17, 15) is 4.79 Å². The molecule has 1 atom stereocenters. The standard InChI is InChI=1S/C14H19NO3/c1-9(15-14(16)10-4-5-10)11-6-7-12(17-2)13(8-11)18-3/h6-10H,4-5H2,1-3H3,(H,15,16)/t9-/m0/s1. The van der Waals surface area contributed by atoms with Gasteiger partial charge in [-0.3, -0.25) is 4.79 Å². The summed E-state index contributed by atoms with van der Waals surface area (Å²) in [6.45, 7) is 1.97. The monoisotopic (exact) mass is 249 g/mol. The molecular weight excluding hydrogens is 230 g/mol. The maximum absolute atomic E-state index is 11.7. The Morgan fingerprint density at radius 3 is 2.50 bits per heavy atom. The molecule has 1 amide bonds. The fourth-order valence-electron chi connectivity index (χ4n) is 1.88.